The number of ether oxygens (including phenoxy) is 2. The molecule has 0 radical (unpaired) electrons. The summed E-state index contributed by atoms with van der Waals surface area (Å²) >= 11 is 1.59. The van der Waals surface area contributed by atoms with Crippen molar-refractivity contribution in [3.63, 3.8) is 0 Å². The molecule has 1 aromatic heterocycles. The number of esters is 1. The second-order valence-corrected chi connectivity index (χ2v) is 8.90. The van der Waals surface area contributed by atoms with E-state index in [1.54, 1.807) is 11.3 Å². The molecule has 3 heterocycles. The monoisotopic (exact) mass is 443 g/mol. The molecule has 31 heavy (non-hydrogen) atoms. The minimum Gasteiger partial charge on any atom is -0.467 e. The van der Waals surface area contributed by atoms with Crippen LogP contribution in [0.1, 0.15) is 23.4 Å². The van der Waals surface area contributed by atoms with Gasteiger partial charge in [0.15, 0.2) is 6.04 Å². The quantitative estimate of drug-likeness (QED) is 0.660. The summed E-state index contributed by atoms with van der Waals surface area (Å²) in [5.41, 5.74) is 1.86. The summed E-state index contributed by atoms with van der Waals surface area (Å²) in [6, 6.07) is 9.09. The number of methoxy groups -OCH3 is 1. The summed E-state index contributed by atoms with van der Waals surface area (Å²) in [6.07, 6.45) is 0.960. The summed E-state index contributed by atoms with van der Waals surface area (Å²) in [5.74, 6) is -0.447. The number of rotatable bonds is 5. The van der Waals surface area contributed by atoms with E-state index >= 15 is 0 Å². The summed E-state index contributed by atoms with van der Waals surface area (Å²) in [7, 11) is 1.30. The highest BCUT2D eigenvalue weighted by Crippen LogP contribution is 2.29. The van der Waals surface area contributed by atoms with Crippen molar-refractivity contribution in [2.75, 3.05) is 26.8 Å². The third-order valence-electron chi connectivity index (χ3n) is 5.83. The summed E-state index contributed by atoms with van der Waals surface area (Å²) in [5, 5.41) is 0.918. The molecule has 2 aliphatic heterocycles. The van der Waals surface area contributed by atoms with Crippen LogP contribution in [0.15, 0.2) is 30.3 Å². The molecule has 9 heteroatoms. The number of aromatic nitrogens is 1. The topological polar surface area (TPSA) is 89.0 Å². The van der Waals surface area contributed by atoms with E-state index in [0.29, 0.717) is 25.9 Å². The molecule has 0 N–H and O–H groups in total. The lowest BCUT2D eigenvalue weighted by Crippen LogP contribution is -2.52. The Morgan fingerprint density at radius 2 is 1.94 bits per heavy atom. The van der Waals surface area contributed by atoms with Crippen LogP contribution >= 0.6 is 11.3 Å². The lowest BCUT2D eigenvalue weighted by atomic mass is 10.0. The minimum atomic E-state index is -0.709. The first-order valence-corrected chi connectivity index (χ1v) is 11.1. The first-order valence-electron chi connectivity index (χ1n) is 10.3. The molecule has 2 saturated heterocycles. The van der Waals surface area contributed by atoms with Crippen molar-refractivity contribution in [1.29, 1.82) is 0 Å². The van der Waals surface area contributed by atoms with E-state index in [1.807, 2.05) is 42.2 Å². The smallest absolute Gasteiger partial charge is 0.410 e. The third kappa shape index (κ3) is 4.41. The van der Waals surface area contributed by atoms with Crippen molar-refractivity contribution in [3.8, 4) is 10.6 Å². The van der Waals surface area contributed by atoms with Gasteiger partial charge in [0.1, 0.15) is 11.6 Å². The van der Waals surface area contributed by atoms with Crippen molar-refractivity contribution >= 4 is 29.3 Å². The Morgan fingerprint density at radius 1 is 1.23 bits per heavy atom. The molecule has 164 valence electrons. The van der Waals surface area contributed by atoms with Gasteiger partial charge < -0.3 is 14.4 Å². The van der Waals surface area contributed by atoms with Crippen LogP contribution in [0, 0.1) is 6.92 Å². The highest BCUT2D eigenvalue weighted by Gasteiger charge is 2.44. The van der Waals surface area contributed by atoms with Gasteiger partial charge in [0.25, 0.3) is 0 Å². The van der Waals surface area contributed by atoms with Gasteiger partial charge in [-0.05, 0) is 19.8 Å². The van der Waals surface area contributed by atoms with Gasteiger partial charge in [-0.15, -0.1) is 11.3 Å². The van der Waals surface area contributed by atoms with Crippen LogP contribution < -0.4 is 0 Å². The average molecular weight is 444 g/mol. The zero-order chi connectivity index (χ0) is 22.0. The maximum Gasteiger partial charge on any atom is 0.410 e. The van der Waals surface area contributed by atoms with Crippen LogP contribution in [0.5, 0.6) is 0 Å². The average Bonchev–Trinajstić information content (AvgIpc) is 3.36. The molecule has 2 aliphatic rings. The first-order chi connectivity index (χ1) is 15.0. The van der Waals surface area contributed by atoms with E-state index in [-0.39, 0.29) is 25.0 Å². The minimum absolute atomic E-state index is 0.0114. The van der Waals surface area contributed by atoms with Crippen molar-refractivity contribution < 1.29 is 23.9 Å². The molecule has 8 nitrogen and oxygen atoms in total. The Labute approximate surface area is 184 Å². The number of carbonyl (C=O) groups excluding carboxylic acids is 3. The van der Waals surface area contributed by atoms with Gasteiger partial charge in [-0.1, -0.05) is 30.3 Å². The fraction of sp³-hybridized carbons (Fsp3) is 0.455. The standard InChI is InChI=1S/C22H25N3O5S/c1-14-17(23-20(31-14)15-6-4-3-5-7-15)12-19(26)24-10-8-16(9-11-24)25-18(21(27)29-2)13-30-22(25)28/h3-7,16,18H,8-13H2,1-2H3/t18-/m1/s1. The molecule has 2 amide bonds. The van der Waals surface area contributed by atoms with Gasteiger partial charge in [-0.25, -0.2) is 14.6 Å². The number of aryl methyl sites for hydroxylation is 1. The fourth-order valence-electron chi connectivity index (χ4n) is 4.10. The Bertz CT molecular complexity index is 969. The van der Waals surface area contributed by atoms with Crippen LogP contribution in [0.4, 0.5) is 4.79 Å². The number of hydrogen-bond donors (Lipinski definition) is 0. The number of hydrogen-bond acceptors (Lipinski definition) is 7. The lowest BCUT2D eigenvalue weighted by Gasteiger charge is -2.37. The second kappa shape index (κ2) is 9.05. The normalized spacial score (nSPS) is 19.4. The van der Waals surface area contributed by atoms with Crippen LogP contribution in [0.3, 0.4) is 0 Å². The molecule has 1 atom stereocenters. The molecule has 1 aromatic carbocycles. The number of cyclic esters (lactones) is 1. The molecule has 0 spiro atoms. The number of carbonyl (C=O) groups is 3. The molecular formula is C22H25N3O5S. The molecule has 0 aliphatic carbocycles. The van der Waals surface area contributed by atoms with E-state index in [0.717, 1.165) is 21.1 Å². The third-order valence-corrected chi connectivity index (χ3v) is 6.89. The van der Waals surface area contributed by atoms with Gasteiger partial charge in [-0.3, -0.25) is 9.69 Å². The molecular weight excluding hydrogens is 418 g/mol. The number of nitrogens with zero attached hydrogens (tertiary/aromatic N) is 3. The Hall–Kier alpha value is -2.94. The molecule has 0 saturated carbocycles. The number of benzene rings is 1. The van der Waals surface area contributed by atoms with Crippen LogP contribution in [0.2, 0.25) is 0 Å². The zero-order valence-electron chi connectivity index (χ0n) is 17.6. The predicted molar refractivity (Wildman–Crippen MR) is 115 cm³/mol. The van der Waals surface area contributed by atoms with E-state index in [1.165, 1.54) is 12.0 Å². The van der Waals surface area contributed by atoms with Crippen molar-refractivity contribution in [3.05, 3.63) is 40.9 Å². The Balaban J connectivity index is 1.36. The van der Waals surface area contributed by atoms with E-state index in [2.05, 4.69) is 0 Å². The predicted octanol–water partition coefficient (Wildman–Crippen LogP) is 2.65. The number of likely N-dealkylation sites (tertiary alicyclic amines) is 1. The first kappa shape index (κ1) is 21.3. The maximum atomic E-state index is 12.9. The SMILES string of the molecule is COC(=O)[C@H]1COC(=O)N1C1CCN(C(=O)Cc2nc(-c3ccccc3)sc2C)CC1. The number of piperidine rings is 1. The van der Waals surface area contributed by atoms with Crippen LogP contribution in [0.25, 0.3) is 10.6 Å². The Morgan fingerprint density at radius 3 is 2.61 bits per heavy atom. The van der Waals surface area contributed by atoms with Gasteiger partial charge in [0, 0.05) is 29.6 Å². The highest BCUT2D eigenvalue weighted by atomic mass is 32.1. The maximum absolute atomic E-state index is 12.9. The van der Waals surface area contributed by atoms with Crippen molar-refractivity contribution in [2.24, 2.45) is 0 Å². The van der Waals surface area contributed by atoms with E-state index in [4.69, 9.17) is 14.5 Å². The molecule has 2 aromatic rings. The van der Waals surface area contributed by atoms with Gasteiger partial charge in [0.05, 0.1) is 19.2 Å². The molecule has 0 unspecified atom stereocenters. The highest BCUT2D eigenvalue weighted by molar-refractivity contribution is 7.15. The van der Waals surface area contributed by atoms with Gasteiger partial charge in [-0.2, -0.15) is 0 Å². The van der Waals surface area contributed by atoms with Crippen molar-refractivity contribution in [2.45, 2.75) is 38.3 Å². The molecule has 2 fully saturated rings. The summed E-state index contributed by atoms with van der Waals surface area (Å²) in [6.45, 7) is 3.05. The van der Waals surface area contributed by atoms with Gasteiger partial charge >= 0.3 is 12.1 Å². The number of thiazole rings is 1. The van der Waals surface area contributed by atoms with Crippen LogP contribution in [-0.2, 0) is 25.5 Å². The van der Waals surface area contributed by atoms with Gasteiger partial charge in [0.2, 0.25) is 5.91 Å². The Kier molecular flexibility index (Phi) is 6.22. The fourth-order valence-corrected chi connectivity index (χ4v) is 5.03. The molecule has 0 bridgehead atoms. The van der Waals surface area contributed by atoms with E-state index < -0.39 is 18.1 Å². The lowest BCUT2D eigenvalue weighted by molar-refractivity contribution is -0.146. The summed E-state index contributed by atoms with van der Waals surface area (Å²) < 4.78 is 9.85. The largest absolute Gasteiger partial charge is 0.467 e. The van der Waals surface area contributed by atoms with Crippen LogP contribution in [-0.4, -0.2) is 71.6 Å². The zero-order valence-corrected chi connectivity index (χ0v) is 18.4. The summed E-state index contributed by atoms with van der Waals surface area (Å²) in [4.78, 5) is 46.0. The second-order valence-electron chi connectivity index (χ2n) is 7.70. The molecule has 4 rings (SSSR count). The van der Waals surface area contributed by atoms with E-state index in [9.17, 15) is 14.4 Å². The van der Waals surface area contributed by atoms with Crippen molar-refractivity contribution in [1.82, 2.24) is 14.8 Å². The number of amides is 2.